The maximum Gasteiger partial charge on any atom is 0.0295 e. The smallest absolute Gasteiger partial charge is 0.0295 e. The number of rotatable bonds is 0. The summed E-state index contributed by atoms with van der Waals surface area (Å²) >= 11 is 4.77. The lowest BCUT2D eigenvalue weighted by Crippen LogP contribution is -1.88. The molecule has 10 heavy (non-hydrogen) atoms. The van der Waals surface area contributed by atoms with E-state index >= 15 is 0 Å². The van der Waals surface area contributed by atoms with Gasteiger partial charge in [0.15, 0.2) is 0 Å². The maximum absolute atomic E-state index is 2.39. The molecule has 0 radical (unpaired) electrons. The number of benzene rings is 1. The average molecular weight is 358 g/mol. The van der Waals surface area contributed by atoms with E-state index < -0.39 is 0 Å². The first-order chi connectivity index (χ1) is 4.63. The molecular weight excluding hydrogens is 350 g/mol. The van der Waals surface area contributed by atoms with Crippen molar-refractivity contribution in [2.45, 2.75) is 13.8 Å². The number of aryl methyl sites for hydroxylation is 2. The molecule has 0 aliphatic heterocycles. The first kappa shape index (κ1) is 8.77. The Morgan fingerprint density at radius 2 is 1.20 bits per heavy atom. The van der Waals surface area contributed by atoms with E-state index in [0.29, 0.717) is 0 Å². The van der Waals surface area contributed by atoms with Gasteiger partial charge in [-0.2, -0.15) is 0 Å². The van der Waals surface area contributed by atoms with Crippen LogP contribution in [0.3, 0.4) is 0 Å². The van der Waals surface area contributed by atoms with Crippen molar-refractivity contribution in [2.75, 3.05) is 0 Å². The Balaban J connectivity index is 3.34. The predicted octanol–water partition coefficient (Wildman–Crippen LogP) is 3.51. The first-order valence-electron chi connectivity index (χ1n) is 3.04. The predicted molar refractivity (Wildman–Crippen MR) is 61.4 cm³/mol. The molecule has 0 aromatic heterocycles. The largest absolute Gasteiger partial charge is 0.0579 e. The Morgan fingerprint density at radius 1 is 0.900 bits per heavy atom. The van der Waals surface area contributed by atoms with Gasteiger partial charge < -0.3 is 0 Å². The zero-order valence-corrected chi connectivity index (χ0v) is 10.2. The van der Waals surface area contributed by atoms with E-state index in [1.165, 1.54) is 18.3 Å². The lowest BCUT2D eigenvalue weighted by atomic mass is 10.2. The van der Waals surface area contributed by atoms with Crippen molar-refractivity contribution < 1.29 is 0 Å². The molecule has 0 unspecified atom stereocenters. The van der Waals surface area contributed by atoms with Gasteiger partial charge in [-0.3, -0.25) is 0 Å². The molecule has 1 aromatic carbocycles. The Labute approximate surface area is 88.7 Å². The van der Waals surface area contributed by atoms with Crippen LogP contribution < -0.4 is 0 Å². The van der Waals surface area contributed by atoms with Crippen molar-refractivity contribution >= 4 is 45.2 Å². The molecule has 0 fully saturated rings. The molecule has 1 aromatic rings. The summed E-state index contributed by atoms with van der Waals surface area (Å²) in [5.41, 5.74) is 2.74. The van der Waals surface area contributed by atoms with Crippen LogP contribution in [0.1, 0.15) is 11.1 Å². The van der Waals surface area contributed by atoms with Gasteiger partial charge in [0.1, 0.15) is 0 Å². The molecule has 2 heteroatoms. The fourth-order valence-electron chi connectivity index (χ4n) is 0.743. The summed E-state index contributed by atoms with van der Waals surface area (Å²) < 4.78 is 2.77. The molecule has 0 bridgehead atoms. The Bertz CT molecular complexity index is 227. The molecule has 0 spiro atoms. The number of hydrogen-bond acceptors (Lipinski definition) is 0. The summed E-state index contributed by atoms with van der Waals surface area (Å²) in [7, 11) is 0. The Kier molecular flexibility index (Phi) is 2.97. The summed E-state index contributed by atoms with van der Waals surface area (Å²) in [6.45, 7) is 4.28. The molecule has 0 N–H and O–H groups in total. The zero-order valence-electron chi connectivity index (χ0n) is 5.91. The standard InChI is InChI=1S/C8H8I2/c1-5-3-4-6(2)8(10)7(5)9/h3-4H,1-2H3. The van der Waals surface area contributed by atoms with Gasteiger partial charge in [-0.1, -0.05) is 12.1 Å². The minimum absolute atomic E-state index is 1.37. The highest BCUT2D eigenvalue weighted by atomic mass is 127. The van der Waals surface area contributed by atoms with Crippen molar-refractivity contribution in [1.82, 2.24) is 0 Å². The summed E-state index contributed by atoms with van der Waals surface area (Å²) in [6, 6.07) is 4.33. The molecule has 0 saturated heterocycles. The van der Waals surface area contributed by atoms with Crippen LogP contribution in [0.15, 0.2) is 12.1 Å². The van der Waals surface area contributed by atoms with Gasteiger partial charge in [0.2, 0.25) is 0 Å². The molecule has 54 valence electrons. The van der Waals surface area contributed by atoms with Crippen molar-refractivity contribution in [3.63, 3.8) is 0 Å². The second-order valence-corrected chi connectivity index (χ2v) is 4.48. The number of hydrogen-bond donors (Lipinski definition) is 0. The van der Waals surface area contributed by atoms with E-state index in [0.717, 1.165) is 0 Å². The van der Waals surface area contributed by atoms with Gasteiger partial charge in [-0.25, -0.2) is 0 Å². The molecule has 0 heterocycles. The summed E-state index contributed by atoms with van der Waals surface area (Å²) in [6.07, 6.45) is 0. The fourth-order valence-corrected chi connectivity index (χ4v) is 1.95. The van der Waals surface area contributed by atoms with Crippen molar-refractivity contribution in [3.05, 3.63) is 30.4 Å². The molecule has 0 aliphatic rings. The highest BCUT2D eigenvalue weighted by Gasteiger charge is 2.00. The Morgan fingerprint density at radius 3 is 1.50 bits per heavy atom. The minimum Gasteiger partial charge on any atom is -0.0579 e. The van der Waals surface area contributed by atoms with E-state index in [1.54, 1.807) is 0 Å². The molecule has 1 rings (SSSR count). The van der Waals surface area contributed by atoms with Crippen LogP contribution in [0.5, 0.6) is 0 Å². The van der Waals surface area contributed by atoms with Crippen molar-refractivity contribution in [3.8, 4) is 0 Å². The molecule has 0 aliphatic carbocycles. The summed E-state index contributed by atoms with van der Waals surface area (Å²) in [5, 5.41) is 0. The van der Waals surface area contributed by atoms with Crippen molar-refractivity contribution in [2.24, 2.45) is 0 Å². The second-order valence-electron chi connectivity index (χ2n) is 2.33. The highest BCUT2D eigenvalue weighted by Crippen LogP contribution is 2.21. The third kappa shape index (κ3) is 1.64. The lowest BCUT2D eigenvalue weighted by Gasteiger charge is -2.02. The quantitative estimate of drug-likeness (QED) is 0.623. The zero-order chi connectivity index (χ0) is 7.72. The van der Waals surface area contributed by atoms with Gasteiger partial charge in [0.05, 0.1) is 0 Å². The Hall–Kier alpha value is 0.680. The summed E-state index contributed by atoms with van der Waals surface area (Å²) in [4.78, 5) is 0. The molecule has 0 nitrogen and oxygen atoms in total. The highest BCUT2D eigenvalue weighted by molar-refractivity contribution is 14.1. The van der Waals surface area contributed by atoms with Crippen LogP contribution in [-0.2, 0) is 0 Å². The fraction of sp³-hybridized carbons (Fsp3) is 0.250. The van der Waals surface area contributed by atoms with E-state index in [2.05, 4.69) is 71.2 Å². The van der Waals surface area contributed by atoms with Gasteiger partial charge >= 0.3 is 0 Å². The van der Waals surface area contributed by atoms with E-state index in [4.69, 9.17) is 0 Å². The number of halogens is 2. The minimum atomic E-state index is 1.37. The van der Waals surface area contributed by atoms with E-state index in [-0.39, 0.29) is 0 Å². The van der Waals surface area contributed by atoms with Crippen LogP contribution in [0.25, 0.3) is 0 Å². The first-order valence-corrected chi connectivity index (χ1v) is 5.20. The monoisotopic (exact) mass is 358 g/mol. The third-order valence-electron chi connectivity index (χ3n) is 1.47. The van der Waals surface area contributed by atoms with Crippen LogP contribution >= 0.6 is 45.2 Å². The van der Waals surface area contributed by atoms with Gasteiger partial charge in [0.25, 0.3) is 0 Å². The second kappa shape index (κ2) is 3.38. The lowest BCUT2D eigenvalue weighted by molar-refractivity contribution is 1.33. The topological polar surface area (TPSA) is 0 Å². The normalized spacial score (nSPS) is 10.0. The van der Waals surface area contributed by atoms with Crippen LogP contribution in [0, 0.1) is 21.0 Å². The molecule has 0 atom stereocenters. The van der Waals surface area contributed by atoms with Crippen molar-refractivity contribution in [1.29, 1.82) is 0 Å². The van der Waals surface area contributed by atoms with Crippen LogP contribution in [0.4, 0.5) is 0 Å². The van der Waals surface area contributed by atoms with Crippen LogP contribution in [0.2, 0.25) is 0 Å². The maximum atomic E-state index is 2.39. The van der Waals surface area contributed by atoms with Gasteiger partial charge in [-0.15, -0.1) is 0 Å². The van der Waals surface area contributed by atoms with Gasteiger partial charge in [0, 0.05) is 7.14 Å². The molecule has 0 saturated carbocycles. The van der Waals surface area contributed by atoms with Crippen LogP contribution in [-0.4, -0.2) is 0 Å². The molecule has 0 amide bonds. The third-order valence-corrected chi connectivity index (χ3v) is 5.28. The molecular formula is C8H8I2. The van der Waals surface area contributed by atoms with Gasteiger partial charge in [-0.05, 0) is 70.2 Å². The van der Waals surface area contributed by atoms with E-state index in [1.807, 2.05) is 0 Å². The SMILES string of the molecule is Cc1ccc(C)c(I)c1I. The summed E-state index contributed by atoms with van der Waals surface area (Å²) in [5.74, 6) is 0. The average Bonchev–Trinajstić information content (AvgIpc) is 1.93. The van der Waals surface area contributed by atoms with E-state index in [9.17, 15) is 0 Å².